The summed E-state index contributed by atoms with van der Waals surface area (Å²) in [6, 6.07) is 0.500. The first kappa shape index (κ1) is 8.43. The third-order valence-corrected chi connectivity index (χ3v) is 1.17. The molecule has 0 saturated heterocycles. The van der Waals surface area contributed by atoms with Crippen LogP contribution in [0.2, 0.25) is 0 Å². The van der Waals surface area contributed by atoms with Gasteiger partial charge in [-0.15, -0.1) is 0 Å². The van der Waals surface area contributed by atoms with Gasteiger partial charge in [-0.1, -0.05) is 6.92 Å². The lowest BCUT2D eigenvalue weighted by atomic mass is 10.3. The van der Waals surface area contributed by atoms with E-state index in [9.17, 15) is 0 Å². The predicted octanol–water partition coefficient (Wildman–Crippen LogP) is 0.319. The maximum absolute atomic E-state index is 5.12. The number of nitrogens with two attached hydrogens (primary N) is 1. The van der Waals surface area contributed by atoms with Crippen molar-refractivity contribution in [1.29, 1.82) is 0 Å². The summed E-state index contributed by atoms with van der Waals surface area (Å²) in [7, 11) is 0. The van der Waals surface area contributed by atoms with E-state index in [2.05, 4.69) is 24.2 Å². The first-order chi connectivity index (χ1) is 4.31. The molecule has 0 aromatic heterocycles. The van der Waals surface area contributed by atoms with E-state index in [0.717, 1.165) is 6.42 Å². The summed E-state index contributed by atoms with van der Waals surface area (Å²) >= 11 is 0. The summed E-state index contributed by atoms with van der Waals surface area (Å²) in [5.74, 6) is 0. The number of aliphatic imine (C=N–C) groups is 1. The predicted molar refractivity (Wildman–Crippen MR) is 40.4 cm³/mol. The molecule has 0 radical (unpaired) electrons. The van der Waals surface area contributed by atoms with E-state index in [1.165, 1.54) is 0 Å². The van der Waals surface area contributed by atoms with Crippen molar-refractivity contribution < 1.29 is 0 Å². The second kappa shape index (κ2) is 5.56. The molecule has 0 amide bonds. The molecule has 1 unspecified atom stereocenters. The number of rotatable bonds is 4. The van der Waals surface area contributed by atoms with Crippen LogP contribution in [0.3, 0.4) is 0 Å². The van der Waals surface area contributed by atoms with Crippen molar-refractivity contribution in [3.05, 3.63) is 0 Å². The molecule has 0 heterocycles. The molecule has 0 aromatic carbocycles. The third kappa shape index (κ3) is 5.30. The van der Waals surface area contributed by atoms with Gasteiger partial charge in [0.1, 0.15) is 0 Å². The average Bonchev–Trinajstić information content (AvgIpc) is 1.89. The smallest absolute Gasteiger partial charge is 0.0876 e. The molecule has 0 aliphatic rings. The van der Waals surface area contributed by atoms with Crippen LogP contribution in [-0.4, -0.2) is 19.0 Å². The van der Waals surface area contributed by atoms with Crippen molar-refractivity contribution >= 4 is 6.34 Å². The molecule has 0 spiro atoms. The maximum atomic E-state index is 5.12. The van der Waals surface area contributed by atoms with Crippen molar-refractivity contribution in [2.24, 2.45) is 10.7 Å². The van der Waals surface area contributed by atoms with Gasteiger partial charge in [-0.3, -0.25) is 4.99 Å². The lowest BCUT2D eigenvalue weighted by Crippen LogP contribution is -2.23. The van der Waals surface area contributed by atoms with Crippen LogP contribution in [0.5, 0.6) is 0 Å². The van der Waals surface area contributed by atoms with Gasteiger partial charge < -0.3 is 11.1 Å². The van der Waals surface area contributed by atoms with E-state index >= 15 is 0 Å². The lowest BCUT2D eigenvalue weighted by molar-refractivity contribution is 0.648. The van der Waals surface area contributed by atoms with Crippen LogP contribution >= 0.6 is 0 Å². The molecule has 3 heteroatoms. The first-order valence-corrected chi connectivity index (χ1v) is 3.25. The highest BCUT2D eigenvalue weighted by atomic mass is 15.0. The molecule has 0 rings (SSSR count). The minimum Gasteiger partial charge on any atom is -0.374 e. The number of nitrogens with one attached hydrogen (secondary N) is 1. The topological polar surface area (TPSA) is 50.4 Å². The zero-order chi connectivity index (χ0) is 7.11. The molecule has 0 aliphatic heterocycles. The van der Waals surface area contributed by atoms with Gasteiger partial charge in [0.15, 0.2) is 0 Å². The summed E-state index contributed by atoms with van der Waals surface area (Å²) in [6.45, 7) is 4.58. The van der Waals surface area contributed by atoms with Gasteiger partial charge in [-0.25, -0.2) is 0 Å². The monoisotopic (exact) mass is 129 g/mol. The Bertz CT molecular complexity index is 80.4. The van der Waals surface area contributed by atoms with Crippen LogP contribution in [0.1, 0.15) is 20.3 Å². The van der Waals surface area contributed by atoms with Crippen molar-refractivity contribution in [2.45, 2.75) is 26.3 Å². The van der Waals surface area contributed by atoms with Crippen molar-refractivity contribution in [1.82, 2.24) is 5.32 Å². The molecular formula is C6H15N3. The zero-order valence-corrected chi connectivity index (χ0v) is 6.09. The summed E-state index contributed by atoms with van der Waals surface area (Å²) in [4.78, 5) is 3.80. The molecule has 9 heavy (non-hydrogen) atoms. The number of hydrogen-bond donors (Lipinski definition) is 2. The van der Waals surface area contributed by atoms with Gasteiger partial charge in [0, 0.05) is 6.04 Å². The fourth-order valence-corrected chi connectivity index (χ4v) is 0.351. The fraction of sp³-hybridized carbons (Fsp3) is 0.833. The van der Waals surface area contributed by atoms with E-state index in [4.69, 9.17) is 5.73 Å². The molecule has 3 nitrogen and oxygen atoms in total. The summed E-state index contributed by atoms with van der Waals surface area (Å²) in [5, 5.41) is 3.06. The van der Waals surface area contributed by atoms with Crippen LogP contribution in [-0.2, 0) is 0 Å². The minimum absolute atomic E-state index is 0.365. The average molecular weight is 129 g/mol. The SMILES string of the molecule is CCC(C)N/C=N\CN. The molecule has 54 valence electrons. The fourth-order valence-electron chi connectivity index (χ4n) is 0.351. The van der Waals surface area contributed by atoms with E-state index in [0.29, 0.717) is 12.7 Å². The van der Waals surface area contributed by atoms with Crippen LogP contribution in [0.15, 0.2) is 4.99 Å². The van der Waals surface area contributed by atoms with E-state index in [1.807, 2.05) is 0 Å². The molecular weight excluding hydrogens is 114 g/mol. The molecule has 0 fully saturated rings. The Morgan fingerprint density at radius 3 is 2.89 bits per heavy atom. The number of nitrogens with zero attached hydrogens (tertiary/aromatic N) is 1. The van der Waals surface area contributed by atoms with Gasteiger partial charge in [-0.05, 0) is 13.3 Å². The zero-order valence-electron chi connectivity index (χ0n) is 6.09. The van der Waals surface area contributed by atoms with Gasteiger partial charge in [0.05, 0.1) is 13.0 Å². The Kier molecular flexibility index (Phi) is 5.21. The Morgan fingerprint density at radius 2 is 2.44 bits per heavy atom. The summed E-state index contributed by atoms with van der Waals surface area (Å²) < 4.78 is 0. The quantitative estimate of drug-likeness (QED) is 0.424. The van der Waals surface area contributed by atoms with E-state index in [1.54, 1.807) is 6.34 Å². The number of hydrogen-bond acceptors (Lipinski definition) is 2. The van der Waals surface area contributed by atoms with Crippen molar-refractivity contribution in [3.63, 3.8) is 0 Å². The molecule has 3 N–H and O–H groups in total. The van der Waals surface area contributed by atoms with E-state index < -0.39 is 0 Å². The van der Waals surface area contributed by atoms with Crippen LogP contribution in [0, 0.1) is 0 Å². The molecule has 1 atom stereocenters. The molecule has 0 saturated carbocycles. The second-order valence-corrected chi connectivity index (χ2v) is 1.97. The lowest BCUT2D eigenvalue weighted by Gasteiger charge is -2.05. The van der Waals surface area contributed by atoms with Crippen molar-refractivity contribution in [3.8, 4) is 0 Å². The van der Waals surface area contributed by atoms with Gasteiger partial charge in [-0.2, -0.15) is 0 Å². The summed E-state index contributed by atoms with van der Waals surface area (Å²) in [5.41, 5.74) is 5.12. The third-order valence-electron chi connectivity index (χ3n) is 1.17. The Hall–Kier alpha value is -0.570. The maximum Gasteiger partial charge on any atom is 0.0876 e. The molecule has 0 aliphatic carbocycles. The van der Waals surface area contributed by atoms with Crippen LogP contribution in [0.4, 0.5) is 0 Å². The van der Waals surface area contributed by atoms with Gasteiger partial charge in [0.2, 0.25) is 0 Å². The molecule has 0 aromatic rings. The largest absolute Gasteiger partial charge is 0.374 e. The first-order valence-electron chi connectivity index (χ1n) is 3.25. The molecule has 0 bridgehead atoms. The highest BCUT2D eigenvalue weighted by molar-refractivity contribution is 5.54. The van der Waals surface area contributed by atoms with E-state index in [-0.39, 0.29) is 0 Å². The summed E-state index contributed by atoms with van der Waals surface area (Å²) in [6.07, 6.45) is 2.77. The van der Waals surface area contributed by atoms with Gasteiger partial charge in [0.25, 0.3) is 0 Å². The van der Waals surface area contributed by atoms with Crippen LogP contribution < -0.4 is 11.1 Å². The Balaban J connectivity index is 3.15. The standard InChI is InChI=1S/C6H15N3/c1-3-6(2)9-5-8-4-7/h5-6H,3-4,7H2,1-2H3,(H,8,9). The normalized spacial score (nSPS) is 14.1. The minimum atomic E-state index is 0.365. The van der Waals surface area contributed by atoms with Crippen molar-refractivity contribution in [2.75, 3.05) is 6.67 Å². The highest BCUT2D eigenvalue weighted by Gasteiger charge is 1.89. The Labute approximate surface area is 56.3 Å². The highest BCUT2D eigenvalue weighted by Crippen LogP contribution is 1.83. The van der Waals surface area contributed by atoms with Crippen LogP contribution in [0.25, 0.3) is 0 Å². The van der Waals surface area contributed by atoms with Gasteiger partial charge >= 0.3 is 0 Å². The Morgan fingerprint density at radius 1 is 1.78 bits per heavy atom. The second-order valence-electron chi connectivity index (χ2n) is 1.97.